The van der Waals surface area contributed by atoms with E-state index in [-0.39, 0.29) is 11.9 Å². The van der Waals surface area contributed by atoms with Gasteiger partial charge in [-0.2, -0.15) is 0 Å². The molecule has 8 heteroatoms. The number of rotatable bonds is 5. The van der Waals surface area contributed by atoms with Crippen molar-refractivity contribution in [1.82, 2.24) is 25.4 Å². The van der Waals surface area contributed by atoms with Gasteiger partial charge in [0.2, 0.25) is 5.91 Å². The van der Waals surface area contributed by atoms with Crippen molar-refractivity contribution in [3.05, 3.63) is 36.2 Å². The van der Waals surface area contributed by atoms with Gasteiger partial charge in [0.25, 0.3) is 0 Å². The van der Waals surface area contributed by atoms with Crippen molar-refractivity contribution in [1.29, 1.82) is 0 Å². The molecule has 1 aromatic heterocycles. The largest absolute Gasteiger partial charge is 0.335 e. The van der Waals surface area contributed by atoms with E-state index in [4.69, 9.17) is 0 Å². The van der Waals surface area contributed by atoms with Gasteiger partial charge in [-0.25, -0.2) is 4.79 Å². The van der Waals surface area contributed by atoms with Gasteiger partial charge < -0.3 is 5.32 Å². The topological polar surface area (TPSA) is 88.9 Å². The van der Waals surface area contributed by atoms with Crippen LogP contribution >= 0.6 is 11.8 Å². The van der Waals surface area contributed by atoms with Crippen LogP contribution < -0.4 is 10.6 Å². The number of urea groups is 1. The lowest BCUT2D eigenvalue weighted by molar-refractivity contribution is -0.119. The Labute approximate surface area is 144 Å². The maximum Gasteiger partial charge on any atom is 0.321 e. The van der Waals surface area contributed by atoms with E-state index in [2.05, 4.69) is 20.8 Å². The van der Waals surface area contributed by atoms with E-state index in [0.29, 0.717) is 5.16 Å². The number of carbonyl (C=O) groups excluding carboxylic acids is 2. The molecular formula is C16H19N5O2S. The predicted molar refractivity (Wildman–Crippen MR) is 91.1 cm³/mol. The normalized spacial score (nSPS) is 14.9. The number of nitrogens with one attached hydrogen (secondary N) is 2. The lowest BCUT2D eigenvalue weighted by Crippen LogP contribution is -2.43. The van der Waals surface area contributed by atoms with Gasteiger partial charge >= 0.3 is 6.03 Å². The smallest absolute Gasteiger partial charge is 0.321 e. The van der Waals surface area contributed by atoms with Crippen molar-refractivity contribution in [2.24, 2.45) is 0 Å². The van der Waals surface area contributed by atoms with Crippen LogP contribution in [-0.4, -0.2) is 38.0 Å². The Bertz CT molecular complexity index is 756. The molecule has 1 aliphatic rings. The van der Waals surface area contributed by atoms with Gasteiger partial charge in [0.15, 0.2) is 5.16 Å². The molecule has 2 aromatic rings. The van der Waals surface area contributed by atoms with Crippen LogP contribution in [0.3, 0.4) is 0 Å². The number of carbonyl (C=O) groups is 2. The molecule has 1 unspecified atom stereocenters. The Hall–Kier alpha value is -2.35. The third kappa shape index (κ3) is 3.94. The summed E-state index contributed by atoms with van der Waals surface area (Å²) in [4.78, 5) is 23.8. The Morgan fingerprint density at radius 1 is 1.33 bits per heavy atom. The number of amides is 3. The van der Waals surface area contributed by atoms with Crippen molar-refractivity contribution in [2.75, 3.05) is 0 Å². The van der Waals surface area contributed by atoms with E-state index >= 15 is 0 Å². The maximum absolute atomic E-state index is 12.1. The molecule has 1 heterocycles. The van der Waals surface area contributed by atoms with Crippen LogP contribution in [0.2, 0.25) is 0 Å². The lowest BCUT2D eigenvalue weighted by Gasteiger charge is -2.13. The van der Waals surface area contributed by atoms with Crippen LogP contribution in [0.1, 0.15) is 25.3 Å². The number of nitrogens with zero attached hydrogens (tertiary/aromatic N) is 3. The maximum atomic E-state index is 12.1. The van der Waals surface area contributed by atoms with E-state index < -0.39 is 11.3 Å². The third-order valence-corrected chi connectivity index (χ3v) is 4.75. The first-order valence-electron chi connectivity index (χ1n) is 7.78. The monoisotopic (exact) mass is 345 g/mol. The van der Waals surface area contributed by atoms with Crippen LogP contribution in [0.4, 0.5) is 4.79 Å². The molecule has 1 saturated carbocycles. The van der Waals surface area contributed by atoms with Gasteiger partial charge in [0.1, 0.15) is 6.33 Å². The average molecular weight is 345 g/mol. The molecule has 1 fully saturated rings. The number of imide groups is 1. The Kier molecular flexibility index (Phi) is 4.84. The summed E-state index contributed by atoms with van der Waals surface area (Å²) in [6.07, 6.45) is 3.58. The number of benzene rings is 1. The zero-order chi connectivity index (χ0) is 17.1. The summed E-state index contributed by atoms with van der Waals surface area (Å²) in [7, 11) is 0. The molecule has 0 bridgehead atoms. The quantitative estimate of drug-likeness (QED) is 0.810. The number of aromatic nitrogens is 3. The Morgan fingerprint density at radius 2 is 2.08 bits per heavy atom. The molecule has 0 saturated heterocycles. The number of hydrogen-bond donors (Lipinski definition) is 2. The average Bonchev–Trinajstić information content (AvgIpc) is 3.24. The van der Waals surface area contributed by atoms with E-state index in [1.807, 2.05) is 35.8 Å². The molecular weight excluding hydrogens is 326 g/mol. The molecule has 1 aromatic carbocycles. The standard InChI is InChI=1S/C16H19N5O2S/c1-10-5-3-4-6-13(10)21-9-17-20-16(21)24-11(2)14(22)19-15(23)18-12-7-8-12/h3-6,9,11-12H,7-8H2,1-2H3,(H2,18,19,22,23). The summed E-state index contributed by atoms with van der Waals surface area (Å²) in [5.41, 5.74) is 2.05. The van der Waals surface area contributed by atoms with Crippen LogP contribution in [-0.2, 0) is 4.79 Å². The van der Waals surface area contributed by atoms with Crippen molar-refractivity contribution in [3.63, 3.8) is 0 Å². The summed E-state index contributed by atoms with van der Waals surface area (Å²) in [6.45, 7) is 3.74. The summed E-state index contributed by atoms with van der Waals surface area (Å²) in [5.74, 6) is -0.350. The summed E-state index contributed by atoms with van der Waals surface area (Å²) in [5, 5.41) is 13.3. The molecule has 0 spiro atoms. The Morgan fingerprint density at radius 3 is 2.79 bits per heavy atom. The van der Waals surface area contributed by atoms with Gasteiger partial charge in [-0.3, -0.25) is 14.7 Å². The van der Waals surface area contributed by atoms with E-state index in [9.17, 15) is 9.59 Å². The van der Waals surface area contributed by atoms with Crippen LogP contribution in [0, 0.1) is 6.92 Å². The van der Waals surface area contributed by atoms with Crippen LogP contribution in [0.5, 0.6) is 0 Å². The molecule has 1 atom stereocenters. The van der Waals surface area contributed by atoms with Gasteiger partial charge in [0.05, 0.1) is 10.9 Å². The molecule has 126 valence electrons. The molecule has 1 aliphatic carbocycles. The fraction of sp³-hybridized carbons (Fsp3) is 0.375. The number of hydrogen-bond acceptors (Lipinski definition) is 5. The zero-order valence-electron chi connectivity index (χ0n) is 13.5. The minimum atomic E-state index is -0.470. The summed E-state index contributed by atoms with van der Waals surface area (Å²) >= 11 is 1.26. The molecule has 0 aliphatic heterocycles. The minimum absolute atomic E-state index is 0.213. The van der Waals surface area contributed by atoms with Crippen molar-refractivity contribution >= 4 is 23.7 Å². The fourth-order valence-corrected chi connectivity index (χ4v) is 3.01. The van der Waals surface area contributed by atoms with Crippen LogP contribution in [0.15, 0.2) is 35.7 Å². The third-order valence-electron chi connectivity index (χ3n) is 3.69. The summed E-state index contributed by atoms with van der Waals surface area (Å²) in [6, 6.07) is 7.65. The molecule has 0 radical (unpaired) electrons. The molecule has 3 rings (SSSR count). The highest BCUT2D eigenvalue weighted by molar-refractivity contribution is 8.00. The zero-order valence-corrected chi connectivity index (χ0v) is 14.3. The summed E-state index contributed by atoms with van der Waals surface area (Å²) < 4.78 is 1.84. The minimum Gasteiger partial charge on any atom is -0.335 e. The highest BCUT2D eigenvalue weighted by atomic mass is 32.2. The number of aryl methyl sites for hydroxylation is 1. The van der Waals surface area contributed by atoms with Crippen molar-refractivity contribution in [2.45, 2.75) is 43.1 Å². The fourth-order valence-electron chi connectivity index (χ4n) is 2.18. The highest BCUT2D eigenvalue weighted by Crippen LogP contribution is 2.25. The van der Waals surface area contributed by atoms with E-state index in [0.717, 1.165) is 24.1 Å². The van der Waals surface area contributed by atoms with Gasteiger partial charge in [0, 0.05) is 6.04 Å². The van der Waals surface area contributed by atoms with Gasteiger partial charge in [-0.05, 0) is 38.3 Å². The first-order chi connectivity index (χ1) is 11.5. The molecule has 7 nitrogen and oxygen atoms in total. The SMILES string of the molecule is Cc1ccccc1-n1cnnc1SC(C)C(=O)NC(=O)NC1CC1. The first-order valence-corrected chi connectivity index (χ1v) is 8.66. The Balaban J connectivity index is 1.65. The number of thioether (sulfide) groups is 1. The van der Waals surface area contributed by atoms with Crippen molar-refractivity contribution < 1.29 is 9.59 Å². The van der Waals surface area contributed by atoms with Crippen molar-refractivity contribution in [3.8, 4) is 5.69 Å². The molecule has 3 amide bonds. The second-order valence-electron chi connectivity index (χ2n) is 5.77. The predicted octanol–water partition coefficient (Wildman–Crippen LogP) is 2.04. The van der Waals surface area contributed by atoms with Gasteiger partial charge in [-0.1, -0.05) is 30.0 Å². The highest BCUT2D eigenvalue weighted by Gasteiger charge is 2.25. The molecule has 2 N–H and O–H groups in total. The first kappa shape index (κ1) is 16.5. The van der Waals surface area contributed by atoms with E-state index in [1.165, 1.54) is 11.8 Å². The number of para-hydroxylation sites is 1. The lowest BCUT2D eigenvalue weighted by atomic mass is 10.2. The van der Waals surface area contributed by atoms with E-state index in [1.54, 1.807) is 13.3 Å². The second kappa shape index (κ2) is 7.04. The second-order valence-corrected chi connectivity index (χ2v) is 7.08. The molecule has 24 heavy (non-hydrogen) atoms. The van der Waals surface area contributed by atoms with Gasteiger partial charge in [-0.15, -0.1) is 10.2 Å². The van der Waals surface area contributed by atoms with Crippen LogP contribution in [0.25, 0.3) is 5.69 Å².